The van der Waals surface area contributed by atoms with Crippen molar-refractivity contribution in [2.24, 2.45) is 0 Å². The van der Waals surface area contributed by atoms with E-state index in [1.165, 1.54) is 11.0 Å². The second-order valence-corrected chi connectivity index (χ2v) is 6.64. The summed E-state index contributed by atoms with van der Waals surface area (Å²) >= 11 is 17.2. The van der Waals surface area contributed by atoms with Crippen molar-refractivity contribution in [1.82, 2.24) is 5.32 Å². The number of carbonyl (C=O) groups is 2. The lowest BCUT2D eigenvalue weighted by molar-refractivity contribution is -0.122. The Morgan fingerprint density at radius 2 is 1.84 bits per heavy atom. The van der Waals surface area contributed by atoms with Gasteiger partial charge in [0.15, 0.2) is 5.11 Å². The molecule has 3 rings (SSSR count). The second-order valence-electron chi connectivity index (χ2n) is 5.41. The van der Waals surface area contributed by atoms with Gasteiger partial charge in [0, 0.05) is 5.02 Å². The first-order valence-electron chi connectivity index (χ1n) is 7.30. The second kappa shape index (κ2) is 6.96. The molecule has 0 saturated carbocycles. The third-order valence-corrected chi connectivity index (χ3v) is 4.56. The minimum atomic E-state index is -0.542. The van der Waals surface area contributed by atoms with Crippen LogP contribution in [0.1, 0.15) is 11.1 Å². The summed E-state index contributed by atoms with van der Waals surface area (Å²) in [6.07, 6.45) is 1.55. The highest BCUT2D eigenvalue weighted by Gasteiger charge is 2.35. The van der Waals surface area contributed by atoms with Gasteiger partial charge in [-0.15, -0.1) is 0 Å². The molecule has 0 atom stereocenters. The molecule has 0 spiro atoms. The molecular weight excluding hydrogens is 379 g/mol. The molecule has 1 fully saturated rings. The zero-order valence-electron chi connectivity index (χ0n) is 13.0. The van der Waals surface area contributed by atoms with E-state index in [0.717, 1.165) is 11.1 Å². The molecule has 2 aromatic carbocycles. The highest BCUT2D eigenvalue weighted by Crippen LogP contribution is 2.31. The molecule has 2 amide bonds. The normalized spacial score (nSPS) is 16.4. The Morgan fingerprint density at radius 1 is 1.12 bits per heavy atom. The van der Waals surface area contributed by atoms with Crippen molar-refractivity contribution < 1.29 is 9.59 Å². The van der Waals surface area contributed by atoms with Crippen molar-refractivity contribution in [2.45, 2.75) is 6.92 Å². The van der Waals surface area contributed by atoms with E-state index in [0.29, 0.717) is 10.7 Å². The lowest BCUT2D eigenvalue weighted by atomic mass is 10.0. The van der Waals surface area contributed by atoms with E-state index in [1.54, 1.807) is 18.2 Å². The monoisotopic (exact) mass is 390 g/mol. The van der Waals surface area contributed by atoms with Crippen molar-refractivity contribution >= 4 is 64.1 Å². The molecule has 0 bridgehead atoms. The summed E-state index contributed by atoms with van der Waals surface area (Å²) < 4.78 is 0. The molecule has 0 aromatic heterocycles. The number of anilines is 1. The molecule has 7 heteroatoms. The molecule has 0 radical (unpaired) electrons. The van der Waals surface area contributed by atoms with Gasteiger partial charge in [-0.2, -0.15) is 0 Å². The van der Waals surface area contributed by atoms with Crippen LogP contribution in [-0.4, -0.2) is 16.9 Å². The highest BCUT2D eigenvalue weighted by atomic mass is 35.5. The first-order valence-corrected chi connectivity index (χ1v) is 8.47. The van der Waals surface area contributed by atoms with Crippen molar-refractivity contribution in [3.05, 3.63) is 69.2 Å². The van der Waals surface area contributed by atoms with Gasteiger partial charge in [-0.3, -0.25) is 19.8 Å². The van der Waals surface area contributed by atoms with E-state index in [9.17, 15) is 9.59 Å². The van der Waals surface area contributed by atoms with Crippen LogP contribution in [-0.2, 0) is 9.59 Å². The van der Waals surface area contributed by atoms with Gasteiger partial charge in [-0.25, -0.2) is 0 Å². The van der Waals surface area contributed by atoms with Crippen LogP contribution in [0, 0.1) is 6.92 Å². The minimum absolute atomic E-state index is 0.0195. The van der Waals surface area contributed by atoms with Gasteiger partial charge < -0.3 is 0 Å². The van der Waals surface area contributed by atoms with Crippen molar-refractivity contribution in [2.75, 3.05) is 4.90 Å². The van der Waals surface area contributed by atoms with Crippen LogP contribution in [0.25, 0.3) is 6.08 Å². The Morgan fingerprint density at radius 3 is 2.52 bits per heavy atom. The van der Waals surface area contributed by atoms with E-state index < -0.39 is 11.8 Å². The number of benzene rings is 2. The smallest absolute Gasteiger partial charge is 0.270 e. The Kier molecular flexibility index (Phi) is 4.90. The van der Waals surface area contributed by atoms with Gasteiger partial charge in [-0.1, -0.05) is 47.5 Å². The molecule has 25 heavy (non-hydrogen) atoms. The van der Waals surface area contributed by atoms with Crippen LogP contribution >= 0.6 is 35.4 Å². The van der Waals surface area contributed by atoms with E-state index in [1.807, 2.05) is 31.2 Å². The standard InChI is InChI=1S/C18H12Cl2N2O2S/c1-10-4-2-3-5-11(10)8-13-16(23)21-18(25)22(17(13)24)15-7-6-12(19)9-14(15)20/h2-9H,1H3,(H,21,23,25)/b13-8+. The van der Waals surface area contributed by atoms with E-state index >= 15 is 0 Å². The molecule has 2 aromatic rings. The van der Waals surface area contributed by atoms with E-state index in [2.05, 4.69) is 5.32 Å². The van der Waals surface area contributed by atoms with Gasteiger partial charge in [0.25, 0.3) is 11.8 Å². The largest absolute Gasteiger partial charge is 0.298 e. The van der Waals surface area contributed by atoms with Gasteiger partial charge in [-0.05, 0) is 54.5 Å². The number of hydrogen-bond acceptors (Lipinski definition) is 3. The molecule has 1 aliphatic heterocycles. The quantitative estimate of drug-likeness (QED) is 0.476. The molecule has 1 heterocycles. The third kappa shape index (κ3) is 3.44. The van der Waals surface area contributed by atoms with Crippen LogP contribution in [0.5, 0.6) is 0 Å². The number of hydrogen-bond donors (Lipinski definition) is 1. The zero-order valence-corrected chi connectivity index (χ0v) is 15.4. The molecule has 1 aliphatic rings. The van der Waals surface area contributed by atoms with Crippen LogP contribution in [0.3, 0.4) is 0 Å². The SMILES string of the molecule is Cc1ccccc1/C=C1\C(=O)NC(=S)N(c2ccc(Cl)cc2Cl)C1=O. The number of nitrogens with zero attached hydrogens (tertiary/aromatic N) is 1. The number of thiocarbonyl (C=S) groups is 1. The zero-order chi connectivity index (χ0) is 18.1. The molecule has 4 nitrogen and oxygen atoms in total. The summed E-state index contributed by atoms with van der Waals surface area (Å²) in [5, 5.41) is 3.19. The summed E-state index contributed by atoms with van der Waals surface area (Å²) in [5.74, 6) is -1.08. The fourth-order valence-electron chi connectivity index (χ4n) is 2.44. The van der Waals surface area contributed by atoms with Crippen molar-refractivity contribution in [3.63, 3.8) is 0 Å². The maximum absolute atomic E-state index is 12.9. The summed E-state index contributed by atoms with van der Waals surface area (Å²) in [6, 6.07) is 12.1. The number of rotatable bonds is 2. The number of amides is 2. The fraction of sp³-hybridized carbons (Fsp3) is 0.0556. The minimum Gasteiger partial charge on any atom is -0.298 e. The van der Waals surface area contributed by atoms with Crippen molar-refractivity contribution in [3.8, 4) is 0 Å². The van der Waals surface area contributed by atoms with Crippen LogP contribution < -0.4 is 10.2 Å². The molecule has 1 saturated heterocycles. The molecule has 0 aliphatic carbocycles. The Bertz CT molecular complexity index is 940. The van der Waals surface area contributed by atoms with Gasteiger partial charge >= 0.3 is 0 Å². The molecule has 126 valence electrons. The summed E-state index contributed by atoms with van der Waals surface area (Å²) in [7, 11) is 0. The number of halogens is 2. The number of nitrogens with one attached hydrogen (secondary N) is 1. The van der Waals surface area contributed by atoms with Crippen LogP contribution in [0.2, 0.25) is 10.0 Å². The van der Waals surface area contributed by atoms with Crippen LogP contribution in [0.4, 0.5) is 5.69 Å². The Hall–Kier alpha value is -2.21. The number of carbonyl (C=O) groups excluding carboxylic acids is 2. The maximum atomic E-state index is 12.9. The van der Waals surface area contributed by atoms with E-state index in [-0.39, 0.29) is 15.7 Å². The highest BCUT2D eigenvalue weighted by molar-refractivity contribution is 7.80. The van der Waals surface area contributed by atoms with Crippen LogP contribution in [0.15, 0.2) is 48.0 Å². The van der Waals surface area contributed by atoms with Gasteiger partial charge in [0.05, 0.1) is 10.7 Å². The predicted octanol–water partition coefficient (Wildman–Crippen LogP) is 4.13. The Labute approximate surface area is 160 Å². The molecule has 0 unspecified atom stereocenters. The van der Waals surface area contributed by atoms with Gasteiger partial charge in [0.2, 0.25) is 0 Å². The first-order chi connectivity index (χ1) is 11.9. The lowest BCUT2D eigenvalue weighted by Gasteiger charge is -2.29. The topological polar surface area (TPSA) is 49.4 Å². The number of aryl methyl sites for hydroxylation is 1. The van der Waals surface area contributed by atoms with Crippen molar-refractivity contribution in [1.29, 1.82) is 0 Å². The fourth-order valence-corrected chi connectivity index (χ4v) is 3.21. The molecule has 1 N–H and O–H groups in total. The summed E-state index contributed by atoms with van der Waals surface area (Å²) in [5.41, 5.74) is 2.06. The first kappa shape index (κ1) is 17.6. The Balaban J connectivity index is 2.07. The predicted molar refractivity (Wildman–Crippen MR) is 104 cm³/mol. The van der Waals surface area contributed by atoms with E-state index in [4.69, 9.17) is 35.4 Å². The lowest BCUT2D eigenvalue weighted by Crippen LogP contribution is -2.54. The average molecular weight is 391 g/mol. The maximum Gasteiger partial charge on any atom is 0.270 e. The molecular formula is C18H12Cl2N2O2S. The summed E-state index contributed by atoms with van der Waals surface area (Å²) in [4.78, 5) is 26.4. The van der Waals surface area contributed by atoms with Gasteiger partial charge in [0.1, 0.15) is 5.57 Å². The average Bonchev–Trinajstić information content (AvgIpc) is 2.55. The third-order valence-electron chi connectivity index (χ3n) is 3.74. The summed E-state index contributed by atoms with van der Waals surface area (Å²) in [6.45, 7) is 1.90.